The fourth-order valence-electron chi connectivity index (χ4n) is 2.88. The highest BCUT2D eigenvalue weighted by Gasteiger charge is 2.34. The van der Waals surface area contributed by atoms with E-state index in [4.69, 9.17) is 0 Å². The smallest absolute Gasteiger partial charge is 0.158 e. The van der Waals surface area contributed by atoms with Gasteiger partial charge in [0.25, 0.3) is 0 Å². The molecule has 0 radical (unpaired) electrons. The van der Waals surface area contributed by atoms with E-state index in [1.165, 1.54) is 11.1 Å². The van der Waals surface area contributed by atoms with Crippen LogP contribution in [0.1, 0.15) is 73.1 Å². The number of carbonyl (C=O) groups excluding carboxylic acids is 1. The van der Waals surface area contributed by atoms with E-state index in [2.05, 4.69) is 32.9 Å². The SMILES string of the molecule is CC(C)=CCCC(C)=CCCC(C)(O)C1CC=C(C)C(=O)C1. The quantitative estimate of drug-likeness (QED) is 0.662. The van der Waals surface area contributed by atoms with Crippen molar-refractivity contribution in [2.75, 3.05) is 0 Å². The molecule has 0 aromatic rings. The second-order valence-corrected chi connectivity index (χ2v) is 7.21. The van der Waals surface area contributed by atoms with Gasteiger partial charge in [0, 0.05) is 6.42 Å². The van der Waals surface area contributed by atoms with Crippen LogP contribution in [0.5, 0.6) is 0 Å². The van der Waals surface area contributed by atoms with Gasteiger partial charge in [-0.05, 0) is 78.2 Å². The molecule has 2 nitrogen and oxygen atoms in total. The first-order chi connectivity index (χ1) is 10.2. The van der Waals surface area contributed by atoms with Gasteiger partial charge in [-0.15, -0.1) is 0 Å². The van der Waals surface area contributed by atoms with E-state index in [0.29, 0.717) is 6.42 Å². The zero-order valence-electron chi connectivity index (χ0n) is 14.9. The number of ketones is 1. The molecule has 0 fully saturated rings. The Morgan fingerprint density at radius 1 is 1.32 bits per heavy atom. The molecule has 1 N–H and O–H groups in total. The minimum Gasteiger partial charge on any atom is -0.390 e. The van der Waals surface area contributed by atoms with Crippen molar-refractivity contribution >= 4 is 5.78 Å². The van der Waals surface area contributed by atoms with E-state index in [0.717, 1.165) is 37.7 Å². The van der Waals surface area contributed by atoms with Gasteiger partial charge in [0.2, 0.25) is 0 Å². The molecule has 2 unspecified atom stereocenters. The summed E-state index contributed by atoms with van der Waals surface area (Å²) >= 11 is 0. The van der Waals surface area contributed by atoms with Crippen molar-refractivity contribution in [1.82, 2.24) is 0 Å². The van der Waals surface area contributed by atoms with Gasteiger partial charge in [-0.2, -0.15) is 0 Å². The van der Waals surface area contributed by atoms with Crippen molar-refractivity contribution in [3.05, 3.63) is 34.9 Å². The fraction of sp³-hybridized carbons (Fsp3) is 0.650. The molecule has 1 aliphatic rings. The number of Topliss-reactive ketones (excluding diaryl/α,β-unsaturated/α-hetero) is 1. The van der Waals surface area contributed by atoms with Crippen LogP contribution in [0, 0.1) is 5.92 Å². The number of aliphatic hydroxyl groups is 1. The van der Waals surface area contributed by atoms with Crippen LogP contribution in [0.15, 0.2) is 34.9 Å². The van der Waals surface area contributed by atoms with E-state index in [1.807, 2.05) is 19.9 Å². The Morgan fingerprint density at radius 3 is 2.59 bits per heavy atom. The van der Waals surface area contributed by atoms with Crippen molar-refractivity contribution in [1.29, 1.82) is 0 Å². The minimum atomic E-state index is -0.760. The van der Waals surface area contributed by atoms with Gasteiger partial charge in [0.15, 0.2) is 5.78 Å². The molecule has 0 saturated heterocycles. The minimum absolute atomic E-state index is 0.0584. The van der Waals surface area contributed by atoms with E-state index in [-0.39, 0.29) is 11.7 Å². The molecule has 22 heavy (non-hydrogen) atoms. The average molecular weight is 304 g/mol. The monoisotopic (exact) mass is 304 g/mol. The standard InChI is InChI=1S/C20H32O2/c1-15(2)8-6-9-16(3)10-7-13-20(5,22)18-12-11-17(4)19(21)14-18/h8,10-11,18,22H,6-7,9,12-14H2,1-5H3. The summed E-state index contributed by atoms with van der Waals surface area (Å²) in [6.07, 6.45) is 11.5. The third-order valence-corrected chi connectivity index (χ3v) is 4.69. The maximum Gasteiger partial charge on any atom is 0.158 e. The first-order valence-electron chi connectivity index (χ1n) is 8.43. The molecule has 2 heteroatoms. The van der Waals surface area contributed by atoms with Gasteiger partial charge in [-0.3, -0.25) is 4.79 Å². The highest BCUT2D eigenvalue weighted by molar-refractivity contribution is 5.95. The Balaban J connectivity index is 2.45. The maximum absolute atomic E-state index is 11.8. The Morgan fingerprint density at radius 2 is 2.00 bits per heavy atom. The first-order valence-corrected chi connectivity index (χ1v) is 8.43. The lowest BCUT2D eigenvalue weighted by Crippen LogP contribution is -2.37. The zero-order chi connectivity index (χ0) is 16.8. The van der Waals surface area contributed by atoms with E-state index in [9.17, 15) is 9.90 Å². The Bertz CT molecular complexity index is 474. The molecule has 0 amide bonds. The van der Waals surface area contributed by atoms with Crippen LogP contribution in [-0.4, -0.2) is 16.5 Å². The lowest BCUT2D eigenvalue weighted by atomic mass is 9.76. The molecule has 0 aliphatic heterocycles. The molecule has 2 atom stereocenters. The number of rotatable bonds is 7. The molecular weight excluding hydrogens is 272 g/mol. The number of hydrogen-bond donors (Lipinski definition) is 1. The molecular formula is C20H32O2. The summed E-state index contributed by atoms with van der Waals surface area (Å²) in [5, 5.41) is 10.7. The zero-order valence-corrected chi connectivity index (χ0v) is 14.9. The van der Waals surface area contributed by atoms with Gasteiger partial charge < -0.3 is 5.11 Å². The molecule has 0 aromatic heterocycles. The summed E-state index contributed by atoms with van der Waals surface area (Å²) in [6, 6.07) is 0. The van der Waals surface area contributed by atoms with Gasteiger partial charge in [0.05, 0.1) is 5.60 Å². The van der Waals surface area contributed by atoms with E-state index < -0.39 is 5.60 Å². The summed E-state index contributed by atoms with van der Waals surface area (Å²) in [4.78, 5) is 11.8. The van der Waals surface area contributed by atoms with Crippen LogP contribution in [0.4, 0.5) is 0 Å². The maximum atomic E-state index is 11.8. The molecule has 0 saturated carbocycles. The lowest BCUT2D eigenvalue weighted by molar-refractivity contribution is -0.119. The number of carbonyl (C=O) groups is 1. The van der Waals surface area contributed by atoms with Gasteiger partial charge in [-0.1, -0.05) is 29.4 Å². The van der Waals surface area contributed by atoms with E-state index in [1.54, 1.807) is 0 Å². The van der Waals surface area contributed by atoms with Crippen molar-refractivity contribution < 1.29 is 9.90 Å². The third kappa shape index (κ3) is 6.31. The Kier molecular flexibility index (Phi) is 7.28. The van der Waals surface area contributed by atoms with Crippen LogP contribution in [0.3, 0.4) is 0 Å². The molecule has 124 valence electrons. The molecule has 0 aromatic carbocycles. The van der Waals surface area contributed by atoms with E-state index >= 15 is 0 Å². The molecule has 1 rings (SSSR count). The topological polar surface area (TPSA) is 37.3 Å². The van der Waals surface area contributed by atoms with Crippen LogP contribution in [0.2, 0.25) is 0 Å². The van der Waals surface area contributed by atoms with Crippen molar-refractivity contribution in [2.24, 2.45) is 5.92 Å². The first kappa shape index (κ1) is 18.9. The summed E-state index contributed by atoms with van der Waals surface area (Å²) < 4.78 is 0. The van der Waals surface area contributed by atoms with Gasteiger partial charge >= 0.3 is 0 Å². The van der Waals surface area contributed by atoms with Crippen LogP contribution in [-0.2, 0) is 4.79 Å². The summed E-state index contributed by atoms with van der Waals surface area (Å²) in [7, 11) is 0. The van der Waals surface area contributed by atoms with Crippen molar-refractivity contribution in [3.63, 3.8) is 0 Å². The second-order valence-electron chi connectivity index (χ2n) is 7.21. The summed E-state index contributed by atoms with van der Waals surface area (Å²) in [5.41, 5.74) is 2.83. The van der Waals surface area contributed by atoms with Crippen molar-refractivity contribution in [3.8, 4) is 0 Å². The number of allylic oxidation sites excluding steroid dienone is 6. The molecule has 0 spiro atoms. The van der Waals surface area contributed by atoms with Crippen LogP contribution in [0.25, 0.3) is 0 Å². The van der Waals surface area contributed by atoms with Gasteiger partial charge in [-0.25, -0.2) is 0 Å². The fourth-order valence-corrected chi connectivity index (χ4v) is 2.88. The van der Waals surface area contributed by atoms with Crippen LogP contribution >= 0.6 is 0 Å². The summed E-state index contributed by atoms with van der Waals surface area (Å²) in [6.45, 7) is 10.1. The molecule has 1 aliphatic carbocycles. The molecule has 0 heterocycles. The normalized spacial score (nSPS) is 22.1. The highest BCUT2D eigenvalue weighted by atomic mass is 16.3. The molecule has 0 bridgehead atoms. The lowest BCUT2D eigenvalue weighted by Gasteiger charge is -2.34. The second kappa shape index (κ2) is 8.47. The predicted molar refractivity (Wildman–Crippen MR) is 93.8 cm³/mol. The highest BCUT2D eigenvalue weighted by Crippen LogP contribution is 2.33. The van der Waals surface area contributed by atoms with Crippen molar-refractivity contribution in [2.45, 2.75) is 78.7 Å². The Hall–Kier alpha value is -1.15. The predicted octanol–water partition coefficient (Wildman–Crippen LogP) is 5.14. The Labute approximate surface area is 136 Å². The van der Waals surface area contributed by atoms with Gasteiger partial charge in [0.1, 0.15) is 0 Å². The van der Waals surface area contributed by atoms with Crippen LogP contribution < -0.4 is 0 Å². The summed E-state index contributed by atoms with van der Waals surface area (Å²) in [5.74, 6) is 0.244. The average Bonchev–Trinajstić information content (AvgIpc) is 2.41. The number of hydrogen-bond acceptors (Lipinski definition) is 2. The third-order valence-electron chi connectivity index (χ3n) is 4.69. The largest absolute Gasteiger partial charge is 0.390 e.